The molecule has 62 heavy (non-hydrogen) atoms. The number of hydrogen-bond acceptors (Lipinski definition) is 1. The molecule has 0 aromatic heterocycles. The van der Waals surface area contributed by atoms with Gasteiger partial charge in [0.25, 0.3) is 0 Å². The average Bonchev–Trinajstić information content (AvgIpc) is 3.36. The minimum absolute atomic E-state index is 1.10. The Morgan fingerprint density at radius 2 is 0.694 bits per heavy atom. The van der Waals surface area contributed by atoms with Crippen LogP contribution in [0.15, 0.2) is 261 Å². The second-order valence-corrected chi connectivity index (χ2v) is 19.8. The van der Waals surface area contributed by atoms with Gasteiger partial charge in [-0.05, 0) is 118 Å². The van der Waals surface area contributed by atoms with Gasteiger partial charge in [-0.2, -0.15) is 0 Å². The third-order valence-electron chi connectivity index (χ3n) is 12.6. The summed E-state index contributed by atoms with van der Waals surface area (Å²) in [5.74, 6) is 0. The molecule has 0 aliphatic rings. The van der Waals surface area contributed by atoms with E-state index in [4.69, 9.17) is 0 Å². The van der Waals surface area contributed by atoms with Gasteiger partial charge in [0.1, 0.15) is 0 Å². The Labute approximate surface area is 364 Å². The lowest BCUT2D eigenvalue weighted by Gasteiger charge is -2.36. The van der Waals surface area contributed by atoms with Crippen LogP contribution in [0.5, 0.6) is 0 Å². The molecule has 0 heterocycles. The zero-order chi connectivity index (χ0) is 41.3. The second kappa shape index (κ2) is 16.0. The van der Waals surface area contributed by atoms with Crippen LogP contribution in [0, 0.1) is 0 Å². The van der Waals surface area contributed by atoms with Gasteiger partial charge in [0.15, 0.2) is 8.07 Å². The number of rotatable bonds is 9. The molecule has 0 saturated carbocycles. The fourth-order valence-electron chi connectivity index (χ4n) is 9.81. The third-order valence-corrected chi connectivity index (χ3v) is 17.4. The number of nitrogens with zero attached hydrogens (tertiary/aromatic N) is 1. The highest BCUT2D eigenvalue weighted by atomic mass is 28.3. The molecule has 0 spiro atoms. The van der Waals surface area contributed by atoms with E-state index in [1.165, 1.54) is 75.3 Å². The first-order valence-electron chi connectivity index (χ1n) is 21.4. The summed E-state index contributed by atoms with van der Waals surface area (Å²) >= 11 is 0. The molecule has 0 unspecified atom stereocenters. The molecule has 292 valence electrons. The van der Waals surface area contributed by atoms with Crippen molar-refractivity contribution in [2.75, 3.05) is 4.90 Å². The van der Waals surface area contributed by atoms with E-state index in [-0.39, 0.29) is 0 Å². The lowest BCUT2D eigenvalue weighted by Crippen LogP contribution is -2.75. The van der Waals surface area contributed by atoms with Gasteiger partial charge in [0.05, 0.1) is 0 Å². The highest BCUT2D eigenvalue weighted by molar-refractivity contribution is 7.20. The zero-order valence-electron chi connectivity index (χ0n) is 34.3. The molecule has 0 radical (unpaired) electrons. The lowest BCUT2D eigenvalue weighted by atomic mass is 9.93. The summed E-state index contributed by atoms with van der Waals surface area (Å²) in [6, 6.07) is 96.2. The zero-order valence-corrected chi connectivity index (χ0v) is 35.3. The van der Waals surface area contributed by atoms with Gasteiger partial charge in [-0.15, -0.1) is 0 Å². The van der Waals surface area contributed by atoms with Gasteiger partial charge in [-0.25, -0.2) is 0 Å². The maximum atomic E-state index is 2.43. The van der Waals surface area contributed by atoms with E-state index in [0.717, 1.165) is 17.1 Å². The average molecular weight is 806 g/mol. The molecule has 11 rings (SSSR count). The van der Waals surface area contributed by atoms with Crippen LogP contribution in [0.25, 0.3) is 54.6 Å². The standard InChI is InChI=1S/C60H43NSi/c1-5-21-48(22-6-1)61(49-38-33-45(34-39-49)58-43-47-20-14-15-29-54(47)56-31-17-18-32-57(56)58)50-40-35-46(36-41-50)60-55-30-16-13-19-44(55)37-42-59(60)62(51-23-7-2-8-24-51,52-25-9-3-10-26-52)53-27-11-4-12-28-53/h1-43H. The Balaban J connectivity index is 1.07. The summed E-state index contributed by atoms with van der Waals surface area (Å²) in [4.78, 5) is 2.37. The first-order chi connectivity index (χ1) is 30.8. The highest BCUT2D eigenvalue weighted by Gasteiger charge is 2.43. The van der Waals surface area contributed by atoms with Crippen LogP contribution in [-0.4, -0.2) is 8.07 Å². The van der Waals surface area contributed by atoms with Crippen molar-refractivity contribution in [1.29, 1.82) is 0 Å². The van der Waals surface area contributed by atoms with Gasteiger partial charge in [0, 0.05) is 17.1 Å². The highest BCUT2D eigenvalue weighted by Crippen LogP contribution is 2.40. The molecule has 0 fully saturated rings. The van der Waals surface area contributed by atoms with Crippen LogP contribution >= 0.6 is 0 Å². The SMILES string of the molecule is c1ccc(N(c2ccc(-c3c([Si](c4ccccc4)(c4ccccc4)c4ccccc4)ccc4ccccc34)cc2)c2ccc(-c3cc4ccccc4c4ccccc34)cc2)cc1. The van der Waals surface area contributed by atoms with Crippen molar-refractivity contribution in [2.45, 2.75) is 0 Å². The van der Waals surface area contributed by atoms with Crippen molar-refractivity contribution < 1.29 is 0 Å². The molecule has 11 aromatic carbocycles. The summed E-state index contributed by atoms with van der Waals surface area (Å²) < 4.78 is 0. The van der Waals surface area contributed by atoms with Crippen molar-refractivity contribution in [3.63, 3.8) is 0 Å². The van der Waals surface area contributed by atoms with Crippen molar-refractivity contribution >= 4 is 78.2 Å². The Morgan fingerprint density at radius 3 is 1.26 bits per heavy atom. The van der Waals surface area contributed by atoms with Gasteiger partial charge in [-0.1, -0.05) is 218 Å². The van der Waals surface area contributed by atoms with Gasteiger partial charge in [-0.3, -0.25) is 0 Å². The van der Waals surface area contributed by atoms with Crippen molar-refractivity contribution in [1.82, 2.24) is 0 Å². The summed E-state index contributed by atoms with van der Waals surface area (Å²) in [6.45, 7) is 0. The fraction of sp³-hybridized carbons (Fsp3) is 0. The molecule has 2 heteroatoms. The lowest BCUT2D eigenvalue weighted by molar-refractivity contribution is 1.28. The van der Waals surface area contributed by atoms with Gasteiger partial charge >= 0.3 is 0 Å². The first kappa shape index (κ1) is 37.2. The number of anilines is 3. The number of hydrogen-bond donors (Lipinski definition) is 0. The molecule has 0 bridgehead atoms. The Kier molecular flexibility index (Phi) is 9.61. The van der Waals surface area contributed by atoms with Crippen LogP contribution in [0.2, 0.25) is 0 Å². The second-order valence-electron chi connectivity index (χ2n) is 16.0. The maximum Gasteiger partial charge on any atom is 0.180 e. The summed E-state index contributed by atoms with van der Waals surface area (Å²) in [7, 11) is -2.86. The van der Waals surface area contributed by atoms with E-state index in [2.05, 4.69) is 266 Å². The molecule has 11 aromatic rings. The molecular formula is C60H43NSi. The fourth-order valence-corrected chi connectivity index (χ4v) is 14.8. The quantitative estimate of drug-likeness (QED) is 0.0798. The summed E-state index contributed by atoms with van der Waals surface area (Å²) in [6.07, 6.45) is 0. The minimum atomic E-state index is -2.86. The Morgan fingerprint density at radius 1 is 0.274 bits per heavy atom. The summed E-state index contributed by atoms with van der Waals surface area (Å²) in [5, 5.41) is 13.0. The van der Waals surface area contributed by atoms with Crippen LogP contribution in [0.4, 0.5) is 17.1 Å². The Bertz CT molecular complexity index is 3210. The molecule has 0 atom stereocenters. The number of benzene rings is 11. The molecule has 1 nitrogen and oxygen atoms in total. The van der Waals surface area contributed by atoms with Gasteiger partial charge < -0.3 is 4.90 Å². The largest absolute Gasteiger partial charge is 0.311 e. The van der Waals surface area contributed by atoms with E-state index in [0.29, 0.717) is 0 Å². The first-order valence-corrected chi connectivity index (χ1v) is 23.4. The molecule has 0 N–H and O–H groups in total. The predicted octanol–water partition coefficient (Wildman–Crippen LogP) is 13.3. The third kappa shape index (κ3) is 6.41. The van der Waals surface area contributed by atoms with Gasteiger partial charge in [0.2, 0.25) is 0 Å². The van der Waals surface area contributed by atoms with Crippen molar-refractivity contribution in [2.24, 2.45) is 0 Å². The topological polar surface area (TPSA) is 3.24 Å². The molecule has 0 aliphatic carbocycles. The normalized spacial score (nSPS) is 11.5. The predicted molar refractivity (Wildman–Crippen MR) is 268 cm³/mol. The van der Waals surface area contributed by atoms with E-state index in [1.807, 2.05) is 0 Å². The van der Waals surface area contributed by atoms with Crippen molar-refractivity contribution in [3.05, 3.63) is 261 Å². The van der Waals surface area contributed by atoms with E-state index < -0.39 is 8.07 Å². The van der Waals surface area contributed by atoms with Crippen molar-refractivity contribution in [3.8, 4) is 22.3 Å². The van der Waals surface area contributed by atoms with Crippen LogP contribution in [0.3, 0.4) is 0 Å². The van der Waals surface area contributed by atoms with Crippen LogP contribution in [0.1, 0.15) is 0 Å². The van der Waals surface area contributed by atoms with Crippen LogP contribution in [-0.2, 0) is 0 Å². The van der Waals surface area contributed by atoms with E-state index in [1.54, 1.807) is 0 Å². The van der Waals surface area contributed by atoms with Crippen LogP contribution < -0.4 is 25.6 Å². The molecule has 0 saturated heterocycles. The maximum absolute atomic E-state index is 2.86. The van der Waals surface area contributed by atoms with E-state index >= 15 is 0 Å². The summed E-state index contributed by atoms with van der Waals surface area (Å²) in [5.41, 5.74) is 8.25. The molecular weight excluding hydrogens is 763 g/mol. The molecule has 0 aliphatic heterocycles. The molecule has 0 amide bonds. The minimum Gasteiger partial charge on any atom is -0.311 e. The van der Waals surface area contributed by atoms with E-state index in [9.17, 15) is 0 Å². The Hall–Kier alpha value is -7.78. The smallest absolute Gasteiger partial charge is 0.180 e. The monoisotopic (exact) mass is 805 g/mol. The number of para-hydroxylation sites is 1. The number of fused-ring (bicyclic) bond motifs is 4.